The van der Waals surface area contributed by atoms with Crippen LogP contribution < -0.4 is 0 Å². The second-order valence-corrected chi connectivity index (χ2v) is 8.52. The molecule has 2 rings (SSSR count). The van der Waals surface area contributed by atoms with E-state index in [4.69, 9.17) is 14.6 Å². The fourth-order valence-corrected chi connectivity index (χ4v) is 4.18. The van der Waals surface area contributed by atoms with Gasteiger partial charge in [-0.1, -0.05) is 50.1 Å². The van der Waals surface area contributed by atoms with Crippen LogP contribution in [0.1, 0.15) is 63.9 Å². The average molecular weight is 435 g/mol. The fourth-order valence-electron chi connectivity index (χ4n) is 4.18. The van der Waals surface area contributed by atoms with Crippen molar-refractivity contribution >= 4 is 6.09 Å². The first-order valence-corrected chi connectivity index (χ1v) is 12.0. The van der Waals surface area contributed by atoms with Crippen molar-refractivity contribution in [2.24, 2.45) is 0 Å². The van der Waals surface area contributed by atoms with Crippen molar-refractivity contribution in [1.82, 2.24) is 9.80 Å². The van der Waals surface area contributed by atoms with Gasteiger partial charge in [-0.05, 0) is 57.2 Å². The van der Waals surface area contributed by atoms with Crippen LogP contribution in [0.5, 0.6) is 0 Å². The maximum atomic E-state index is 12.3. The number of carbonyl (C=O) groups excluding carboxylic acids is 1. The van der Waals surface area contributed by atoms with Gasteiger partial charge in [-0.15, -0.1) is 0 Å². The zero-order chi connectivity index (χ0) is 22.3. The third-order valence-electron chi connectivity index (χ3n) is 6.27. The Labute approximate surface area is 188 Å². The molecule has 1 aliphatic carbocycles. The highest BCUT2D eigenvalue weighted by Gasteiger charge is 2.27. The third-order valence-corrected chi connectivity index (χ3v) is 6.27. The Balaban J connectivity index is 1.51. The lowest BCUT2D eigenvalue weighted by molar-refractivity contribution is 0.00691. The first-order valence-electron chi connectivity index (χ1n) is 12.0. The van der Waals surface area contributed by atoms with Crippen LogP contribution in [0.15, 0.2) is 30.3 Å². The summed E-state index contributed by atoms with van der Waals surface area (Å²) in [5, 5.41) is 9.02. The Hall–Kier alpha value is -1.63. The van der Waals surface area contributed by atoms with Gasteiger partial charge in [0.1, 0.15) is 6.61 Å². The van der Waals surface area contributed by atoms with Crippen LogP contribution in [0, 0.1) is 0 Å². The fraction of sp³-hybridized carbons (Fsp3) is 0.720. The molecule has 1 saturated carbocycles. The lowest BCUT2D eigenvalue weighted by atomic mass is 9.92. The Morgan fingerprint density at radius 2 is 1.74 bits per heavy atom. The maximum Gasteiger partial charge on any atom is 0.410 e. The van der Waals surface area contributed by atoms with E-state index in [-0.39, 0.29) is 18.7 Å². The average Bonchev–Trinajstić information content (AvgIpc) is 2.81. The molecule has 0 aromatic heterocycles. The maximum absolute atomic E-state index is 12.3. The van der Waals surface area contributed by atoms with E-state index in [1.54, 1.807) is 4.90 Å². The molecule has 0 unspecified atom stereocenters. The predicted molar refractivity (Wildman–Crippen MR) is 124 cm³/mol. The largest absolute Gasteiger partial charge is 0.445 e. The molecule has 176 valence electrons. The molecular formula is C25H42N2O4. The second kappa shape index (κ2) is 15.2. The van der Waals surface area contributed by atoms with Gasteiger partial charge in [0, 0.05) is 26.2 Å². The molecule has 0 saturated heterocycles. The van der Waals surface area contributed by atoms with Gasteiger partial charge in [0.2, 0.25) is 0 Å². The van der Waals surface area contributed by atoms with Crippen LogP contribution in [-0.2, 0) is 16.1 Å². The summed E-state index contributed by atoms with van der Waals surface area (Å²) in [7, 11) is 1.85. The number of rotatable bonds is 14. The first-order chi connectivity index (χ1) is 15.1. The van der Waals surface area contributed by atoms with E-state index < -0.39 is 0 Å². The minimum atomic E-state index is -0.242. The minimum Gasteiger partial charge on any atom is -0.445 e. The van der Waals surface area contributed by atoms with Crippen LogP contribution in [0.2, 0.25) is 0 Å². The summed E-state index contributed by atoms with van der Waals surface area (Å²) in [6.45, 7) is 6.40. The van der Waals surface area contributed by atoms with Crippen molar-refractivity contribution < 1.29 is 19.4 Å². The van der Waals surface area contributed by atoms with E-state index in [9.17, 15) is 4.79 Å². The quantitative estimate of drug-likeness (QED) is 0.438. The van der Waals surface area contributed by atoms with Crippen molar-refractivity contribution in [2.45, 2.75) is 77.0 Å². The van der Waals surface area contributed by atoms with Crippen LogP contribution in [0.25, 0.3) is 0 Å². The molecule has 1 aromatic carbocycles. The zero-order valence-corrected chi connectivity index (χ0v) is 19.5. The van der Waals surface area contributed by atoms with E-state index in [1.807, 2.05) is 37.4 Å². The second-order valence-electron chi connectivity index (χ2n) is 8.52. The molecule has 31 heavy (non-hydrogen) atoms. The predicted octanol–water partition coefficient (Wildman–Crippen LogP) is 4.46. The Bertz CT molecular complexity index is 590. The molecule has 0 heterocycles. The van der Waals surface area contributed by atoms with Gasteiger partial charge in [0.15, 0.2) is 0 Å². The van der Waals surface area contributed by atoms with E-state index in [1.165, 1.54) is 19.3 Å². The van der Waals surface area contributed by atoms with Crippen LogP contribution in [0.3, 0.4) is 0 Å². The van der Waals surface area contributed by atoms with Gasteiger partial charge < -0.3 is 24.4 Å². The summed E-state index contributed by atoms with van der Waals surface area (Å²) in [5.41, 5.74) is 1.01. The monoisotopic (exact) mass is 434 g/mol. The van der Waals surface area contributed by atoms with Gasteiger partial charge in [-0.2, -0.15) is 0 Å². The Morgan fingerprint density at radius 1 is 1.03 bits per heavy atom. The number of ether oxygens (including phenoxy) is 2. The van der Waals surface area contributed by atoms with Gasteiger partial charge in [-0.3, -0.25) is 0 Å². The molecule has 1 aliphatic rings. The minimum absolute atomic E-state index is 0.239. The Morgan fingerprint density at radius 3 is 2.42 bits per heavy atom. The summed E-state index contributed by atoms with van der Waals surface area (Å²) in [6, 6.07) is 10.0. The van der Waals surface area contributed by atoms with Crippen LogP contribution in [0.4, 0.5) is 4.79 Å². The Kier molecular flexibility index (Phi) is 12.6. The lowest BCUT2D eigenvalue weighted by Crippen LogP contribution is -2.41. The van der Waals surface area contributed by atoms with E-state index >= 15 is 0 Å². The molecule has 0 spiro atoms. The molecule has 1 fully saturated rings. The number of benzene rings is 1. The van der Waals surface area contributed by atoms with Crippen molar-refractivity contribution in [3.8, 4) is 0 Å². The van der Waals surface area contributed by atoms with Gasteiger partial charge in [-0.25, -0.2) is 4.79 Å². The molecule has 1 N–H and O–H groups in total. The summed E-state index contributed by atoms with van der Waals surface area (Å²) in [4.78, 5) is 16.4. The topological polar surface area (TPSA) is 62.2 Å². The number of nitrogens with zero attached hydrogens (tertiary/aromatic N) is 2. The van der Waals surface area contributed by atoms with E-state index in [2.05, 4.69) is 11.8 Å². The molecule has 1 amide bonds. The number of hydrogen-bond acceptors (Lipinski definition) is 5. The number of hydrogen-bond donors (Lipinski definition) is 1. The van der Waals surface area contributed by atoms with Crippen molar-refractivity contribution in [1.29, 1.82) is 0 Å². The molecule has 0 aliphatic heterocycles. The summed E-state index contributed by atoms with van der Waals surface area (Å²) < 4.78 is 11.5. The highest BCUT2D eigenvalue weighted by atomic mass is 16.6. The highest BCUT2D eigenvalue weighted by Crippen LogP contribution is 2.25. The van der Waals surface area contributed by atoms with Crippen molar-refractivity contribution in [3.05, 3.63) is 35.9 Å². The number of aliphatic hydroxyl groups is 1. The smallest absolute Gasteiger partial charge is 0.410 e. The van der Waals surface area contributed by atoms with Crippen LogP contribution in [-0.4, -0.2) is 73.0 Å². The molecule has 0 radical (unpaired) electrons. The summed E-state index contributed by atoms with van der Waals surface area (Å²) in [5.74, 6) is 0. The number of carbonyl (C=O) groups is 1. The molecule has 6 nitrogen and oxygen atoms in total. The van der Waals surface area contributed by atoms with E-state index in [0.29, 0.717) is 12.7 Å². The first kappa shape index (κ1) is 25.6. The molecule has 0 bridgehead atoms. The van der Waals surface area contributed by atoms with Gasteiger partial charge in [0.05, 0.1) is 12.7 Å². The molecular weight excluding hydrogens is 392 g/mol. The molecule has 6 heteroatoms. The normalized spacial score (nSPS) is 18.8. The highest BCUT2D eigenvalue weighted by molar-refractivity contribution is 5.67. The molecule has 1 aromatic rings. The number of unbranched alkanes of at least 4 members (excludes halogenated alkanes) is 3. The zero-order valence-electron chi connectivity index (χ0n) is 19.5. The third kappa shape index (κ3) is 10.0. The van der Waals surface area contributed by atoms with Crippen molar-refractivity contribution in [2.75, 3.05) is 39.9 Å². The number of likely N-dealkylation sites (N-methyl/N-ethyl adjacent to an activating group) is 1. The summed E-state index contributed by atoms with van der Waals surface area (Å²) >= 11 is 0. The number of aliphatic hydroxyl groups excluding tert-OH is 1. The van der Waals surface area contributed by atoms with Gasteiger partial charge >= 0.3 is 6.09 Å². The lowest BCUT2D eigenvalue weighted by Gasteiger charge is -2.34. The summed E-state index contributed by atoms with van der Waals surface area (Å²) in [6.07, 6.45) is 8.75. The standard InChI is InChI=1S/C25H42N2O4/c1-3-27(18-19-28)17-9-4-5-10-20-30-24-15-13-23(14-16-24)26(2)25(29)31-21-22-11-7-6-8-12-22/h6-8,11-12,23-24,28H,3-5,9-10,13-21H2,1-2H3. The molecule has 0 atom stereocenters. The van der Waals surface area contributed by atoms with Crippen molar-refractivity contribution in [3.63, 3.8) is 0 Å². The van der Waals surface area contributed by atoms with Gasteiger partial charge in [0.25, 0.3) is 0 Å². The van der Waals surface area contributed by atoms with E-state index in [0.717, 1.165) is 63.9 Å². The number of amides is 1. The SMILES string of the molecule is CCN(CCO)CCCCCCOC1CCC(N(C)C(=O)OCc2ccccc2)CC1. The van der Waals surface area contributed by atoms with Crippen LogP contribution >= 0.6 is 0 Å².